The van der Waals surface area contributed by atoms with E-state index in [9.17, 15) is 4.79 Å². The Bertz CT molecular complexity index is 515. The summed E-state index contributed by atoms with van der Waals surface area (Å²) in [5.74, 6) is -0.131. The molecule has 2 heterocycles. The van der Waals surface area contributed by atoms with E-state index in [1.54, 1.807) is 23.6 Å². The van der Waals surface area contributed by atoms with Crippen LogP contribution in [0.15, 0.2) is 24.4 Å². The van der Waals surface area contributed by atoms with Gasteiger partial charge < -0.3 is 16.0 Å². The van der Waals surface area contributed by atoms with Gasteiger partial charge in [-0.3, -0.25) is 4.79 Å². The van der Waals surface area contributed by atoms with E-state index in [-0.39, 0.29) is 5.91 Å². The third-order valence-electron chi connectivity index (χ3n) is 2.44. The first-order chi connectivity index (χ1) is 8.19. The number of nitrogens with two attached hydrogens (primary N) is 1. The van der Waals surface area contributed by atoms with E-state index < -0.39 is 0 Å². The molecule has 0 fully saturated rings. The lowest BCUT2D eigenvalue weighted by Crippen LogP contribution is -2.22. The lowest BCUT2D eigenvalue weighted by molar-refractivity contribution is 0.0947. The summed E-state index contributed by atoms with van der Waals surface area (Å²) >= 11 is 1.73. The summed E-state index contributed by atoms with van der Waals surface area (Å²) in [6.07, 6.45) is 2.64. The van der Waals surface area contributed by atoms with Gasteiger partial charge in [-0.2, -0.15) is 0 Å². The molecular weight excluding hydrogens is 234 g/mol. The highest BCUT2D eigenvalue weighted by molar-refractivity contribution is 7.11. The van der Waals surface area contributed by atoms with Crippen LogP contribution in [-0.4, -0.2) is 10.9 Å². The molecule has 2 aromatic heterocycles. The maximum absolute atomic E-state index is 11.7. The lowest BCUT2D eigenvalue weighted by Gasteiger charge is -2.00. The molecule has 5 heteroatoms. The second kappa shape index (κ2) is 5.05. The minimum absolute atomic E-state index is 0.131. The topological polar surface area (TPSA) is 70.9 Å². The minimum atomic E-state index is -0.131. The van der Waals surface area contributed by atoms with Crippen LogP contribution in [-0.2, 0) is 13.0 Å². The van der Waals surface area contributed by atoms with Crippen molar-refractivity contribution in [2.45, 2.75) is 19.9 Å². The molecule has 0 aliphatic carbocycles. The second-order valence-corrected chi connectivity index (χ2v) is 5.00. The zero-order valence-electron chi connectivity index (χ0n) is 9.62. The van der Waals surface area contributed by atoms with Gasteiger partial charge in [0.15, 0.2) is 0 Å². The Balaban J connectivity index is 1.92. The molecule has 0 radical (unpaired) electrons. The fraction of sp³-hybridized carbons (Fsp3) is 0.250. The second-order valence-electron chi connectivity index (χ2n) is 3.75. The minimum Gasteiger partial charge on any atom is -0.397 e. The molecule has 0 unspecified atom stereocenters. The van der Waals surface area contributed by atoms with Gasteiger partial charge >= 0.3 is 0 Å². The van der Waals surface area contributed by atoms with E-state index in [1.807, 2.05) is 6.07 Å². The number of H-pyrrole nitrogens is 1. The van der Waals surface area contributed by atoms with Crippen molar-refractivity contribution < 1.29 is 4.79 Å². The first kappa shape index (κ1) is 11.7. The average molecular weight is 249 g/mol. The van der Waals surface area contributed by atoms with Crippen molar-refractivity contribution in [1.82, 2.24) is 10.3 Å². The predicted molar refractivity (Wildman–Crippen MR) is 70.1 cm³/mol. The highest BCUT2D eigenvalue weighted by atomic mass is 32.1. The Morgan fingerprint density at radius 3 is 2.82 bits per heavy atom. The highest BCUT2D eigenvalue weighted by Crippen LogP contribution is 2.16. The van der Waals surface area contributed by atoms with E-state index in [1.165, 1.54) is 4.88 Å². The molecule has 17 heavy (non-hydrogen) atoms. The van der Waals surface area contributed by atoms with Crippen molar-refractivity contribution in [3.63, 3.8) is 0 Å². The van der Waals surface area contributed by atoms with E-state index in [2.05, 4.69) is 23.3 Å². The molecule has 4 nitrogen and oxygen atoms in total. The van der Waals surface area contributed by atoms with Crippen LogP contribution in [0, 0.1) is 0 Å². The number of aromatic nitrogens is 1. The summed E-state index contributed by atoms with van der Waals surface area (Å²) in [7, 11) is 0. The number of aromatic amines is 1. The third kappa shape index (κ3) is 2.88. The lowest BCUT2D eigenvalue weighted by atomic mass is 10.3. The normalized spacial score (nSPS) is 10.4. The Labute approximate surface area is 104 Å². The van der Waals surface area contributed by atoms with Crippen LogP contribution in [0.5, 0.6) is 0 Å². The predicted octanol–water partition coefficient (Wildman–Crippen LogP) is 2.15. The summed E-state index contributed by atoms with van der Waals surface area (Å²) in [5, 5.41) is 2.85. The first-order valence-electron chi connectivity index (χ1n) is 5.48. The van der Waals surface area contributed by atoms with Crippen LogP contribution in [0.3, 0.4) is 0 Å². The number of anilines is 1. The monoisotopic (exact) mass is 249 g/mol. The smallest absolute Gasteiger partial charge is 0.268 e. The Kier molecular flexibility index (Phi) is 3.49. The van der Waals surface area contributed by atoms with Gasteiger partial charge in [-0.1, -0.05) is 6.92 Å². The molecule has 1 amide bonds. The summed E-state index contributed by atoms with van der Waals surface area (Å²) in [4.78, 5) is 17.0. The SMILES string of the molecule is CCc1ccc(CNC(=O)c2cc(N)c[nH]2)s1. The van der Waals surface area contributed by atoms with Crippen LogP contribution in [0.4, 0.5) is 5.69 Å². The molecule has 4 N–H and O–H groups in total. The van der Waals surface area contributed by atoms with Crippen molar-refractivity contribution in [2.75, 3.05) is 5.73 Å². The van der Waals surface area contributed by atoms with Crippen molar-refractivity contribution in [1.29, 1.82) is 0 Å². The zero-order chi connectivity index (χ0) is 12.3. The summed E-state index contributed by atoms with van der Waals surface area (Å²) in [6, 6.07) is 5.77. The largest absolute Gasteiger partial charge is 0.397 e. The van der Waals surface area contributed by atoms with E-state index in [0.29, 0.717) is 17.9 Å². The van der Waals surface area contributed by atoms with Gasteiger partial charge in [0.05, 0.1) is 6.54 Å². The van der Waals surface area contributed by atoms with Gasteiger partial charge in [-0.15, -0.1) is 11.3 Å². The van der Waals surface area contributed by atoms with Crippen LogP contribution < -0.4 is 11.1 Å². The van der Waals surface area contributed by atoms with Gasteiger partial charge in [0.25, 0.3) is 5.91 Å². The number of thiophene rings is 1. The molecule has 0 bridgehead atoms. The summed E-state index contributed by atoms with van der Waals surface area (Å²) in [5.41, 5.74) is 6.60. The Morgan fingerprint density at radius 2 is 2.24 bits per heavy atom. The number of hydrogen-bond donors (Lipinski definition) is 3. The maximum Gasteiger partial charge on any atom is 0.268 e. The molecule has 90 valence electrons. The number of aryl methyl sites for hydroxylation is 1. The number of hydrogen-bond acceptors (Lipinski definition) is 3. The van der Waals surface area contributed by atoms with Crippen LogP contribution in [0.1, 0.15) is 27.2 Å². The number of nitrogens with one attached hydrogen (secondary N) is 2. The van der Waals surface area contributed by atoms with Crippen LogP contribution >= 0.6 is 11.3 Å². The summed E-state index contributed by atoms with van der Waals surface area (Å²) in [6.45, 7) is 2.68. The van der Waals surface area contributed by atoms with Crippen molar-refractivity contribution in [3.05, 3.63) is 39.8 Å². The number of nitrogen functional groups attached to an aromatic ring is 1. The van der Waals surface area contributed by atoms with Gasteiger partial charge in [-0.25, -0.2) is 0 Å². The Hall–Kier alpha value is -1.75. The van der Waals surface area contributed by atoms with E-state index in [4.69, 9.17) is 5.73 Å². The molecule has 0 aromatic carbocycles. The number of amides is 1. The molecule has 0 spiro atoms. The van der Waals surface area contributed by atoms with Crippen LogP contribution in [0.25, 0.3) is 0 Å². The number of rotatable bonds is 4. The molecule has 0 saturated heterocycles. The molecule has 2 aromatic rings. The first-order valence-corrected chi connectivity index (χ1v) is 6.30. The van der Waals surface area contributed by atoms with Gasteiger partial charge in [0, 0.05) is 21.6 Å². The third-order valence-corrected chi connectivity index (χ3v) is 3.67. The molecular formula is C12H15N3OS. The van der Waals surface area contributed by atoms with E-state index in [0.717, 1.165) is 11.3 Å². The number of carbonyl (C=O) groups is 1. The summed E-state index contributed by atoms with van der Waals surface area (Å²) < 4.78 is 0. The van der Waals surface area contributed by atoms with Crippen LogP contribution in [0.2, 0.25) is 0 Å². The maximum atomic E-state index is 11.7. The van der Waals surface area contributed by atoms with Crippen molar-refractivity contribution in [3.8, 4) is 0 Å². The fourth-order valence-electron chi connectivity index (χ4n) is 1.51. The molecule has 0 saturated carbocycles. The molecule has 0 atom stereocenters. The molecule has 0 aliphatic rings. The molecule has 2 rings (SSSR count). The van der Waals surface area contributed by atoms with Gasteiger partial charge in [-0.05, 0) is 24.6 Å². The van der Waals surface area contributed by atoms with Crippen molar-refractivity contribution in [2.24, 2.45) is 0 Å². The fourth-order valence-corrected chi connectivity index (χ4v) is 2.41. The molecule has 0 aliphatic heterocycles. The van der Waals surface area contributed by atoms with Crippen molar-refractivity contribution >= 4 is 22.9 Å². The zero-order valence-corrected chi connectivity index (χ0v) is 10.4. The highest BCUT2D eigenvalue weighted by Gasteiger charge is 2.07. The van der Waals surface area contributed by atoms with Gasteiger partial charge in [0.2, 0.25) is 0 Å². The quantitative estimate of drug-likeness (QED) is 0.777. The van der Waals surface area contributed by atoms with E-state index >= 15 is 0 Å². The Morgan fingerprint density at radius 1 is 1.47 bits per heavy atom. The average Bonchev–Trinajstić information content (AvgIpc) is 2.94. The standard InChI is InChI=1S/C12H15N3OS/c1-2-9-3-4-10(17-9)7-15-12(16)11-5-8(13)6-14-11/h3-6,14H,2,7,13H2,1H3,(H,15,16). The van der Waals surface area contributed by atoms with Gasteiger partial charge in [0.1, 0.15) is 5.69 Å². The number of carbonyl (C=O) groups excluding carboxylic acids is 1.